The number of aryl methyl sites for hydroxylation is 1. The third-order valence-electron chi connectivity index (χ3n) is 4.28. The standard InChI is InChI=1S/C21H20F2N2O3/c1-4-7-25-13(2)8-16(14(25)3)9-17(11-24)21(27)28-12-20(26)15-5-6-18(22)19(23)10-15/h5-6,8-10H,4,7,12H2,1-3H3/b17-9+. The second-order valence-electron chi connectivity index (χ2n) is 6.28. The lowest BCUT2D eigenvalue weighted by atomic mass is 10.1. The minimum atomic E-state index is -1.17. The van der Waals surface area contributed by atoms with Crippen LogP contribution >= 0.6 is 0 Å². The first kappa shape index (κ1) is 21.0. The number of hydrogen-bond donors (Lipinski definition) is 0. The highest BCUT2D eigenvalue weighted by Crippen LogP contribution is 2.19. The molecule has 2 aromatic rings. The summed E-state index contributed by atoms with van der Waals surface area (Å²) in [5.41, 5.74) is 2.25. The molecule has 0 radical (unpaired) electrons. The van der Waals surface area contributed by atoms with Crippen molar-refractivity contribution in [2.24, 2.45) is 0 Å². The van der Waals surface area contributed by atoms with Crippen molar-refractivity contribution in [3.63, 3.8) is 0 Å². The summed E-state index contributed by atoms with van der Waals surface area (Å²) in [6.07, 6.45) is 2.36. The van der Waals surface area contributed by atoms with Gasteiger partial charge in [-0.2, -0.15) is 5.26 Å². The molecule has 0 bridgehead atoms. The zero-order valence-electron chi connectivity index (χ0n) is 15.9. The number of carbonyl (C=O) groups excluding carboxylic acids is 2. The second kappa shape index (κ2) is 9.09. The normalized spacial score (nSPS) is 11.2. The summed E-state index contributed by atoms with van der Waals surface area (Å²) < 4.78 is 33.1. The molecule has 0 N–H and O–H groups in total. The zero-order valence-corrected chi connectivity index (χ0v) is 15.9. The number of rotatable bonds is 7. The second-order valence-corrected chi connectivity index (χ2v) is 6.28. The Morgan fingerprint density at radius 1 is 1.21 bits per heavy atom. The van der Waals surface area contributed by atoms with Crippen LogP contribution in [0, 0.1) is 36.8 Å². The molecule has 0 atom stereocenters. The summed E-state index contributed by atoms with van der Waals surface area (Å²) in [7, 11) is 0. The SMILES string of the molecule is CCCn1c(C)cc(/C=C(\C#N)C(=O)OCC(=O)c2ccc(F)c(F)c2)c1C. The Balaban J connectivity index is 2.12. The first-order valence-corrected chi connectivity index (χ1v) is 8.72. The lowest BCUT2D eigenvalue weighted by Gasteiger charge is -2.07. The lowest BCUT2D eigenvalue weighted by Crippen LogP contribution is -2.15. The first-order chi connectivity index (χ1) is 13.3. The number of aromatic nitrogens is 1. The monoisotopic (exact) mass is 386 g/mol. The van der Waals surface area contributed by atoms with Crippen molar-refractivity contribution < 1.29 is 23.1 Å². The largest absolute Gasteiger partial charge is 0.453 e. The molecule has 0 saturated carbocycles. The van der Waals surface area contributed by atoms with Gasteiger partial charge < -0.3 is 9.30 Å². The molecule has 0 spiro atoms. The number of benzene rings is 1. The highest BCUT2D eigenvalue weighted by molar-refractivity contribution is 6.02. The van der Waals surface area contributed by atoms with Crippen LogP contribution in [0.2, 0.25) is 0 Å². The van der Waals surface area contributed by atoms with Crippen LogP contribution in [0.1, 0.15) is 40.7 Å². The van der Waals surface area contributed by atoms with Crippen LogP contribution in [0.3, 0.4) is 0 Å². The van der Waals surface area contributed by atoms with Crippen molar-refractivity contribution in [2.45, 2.75) is 33.7 Å². The fraction of sp³-hybridized carbons (Fsp3) is 0.286. The number of esters is 1. The number of nitrogens with zero attached hydrogens (tertiary/aromatic N) is 2. The van der Waals surface area contributed by atoms with E-state index in [9.17, 15) is 23.6 Å². The van der Waals surface area contributed by atoms with Crippen molar-refractivity contribution in [1.82, 2.24) is 4.57 Å². The quantitative estimate of drug-likeness (QED) is 0.310. The molecule has 0 saturated heterocycles. The van der Waals surface area contributed by atoms with E-state index in [1.165, 1.54) is 6.08 Å². The van der Waals surface area contributed by atoms with Gasteiger partial charge in [0.25, 0.3) is 0 Å². The van der Waals surface area contributed by atoms with E-state index in [2.05, 4.69) is 11.5 Å². The van der Waals surface area contributed by atoms with Crippen molar-refractivity contribution in [3.8, 4) is 6.07 Å². The van der Waals surface area contributed by atoms with Gasteiger partial charge in [0, 0.05) is 23.5 Å². The maximum absolute atomic E-state index is 13.2. The van der Waals surface area contributed by atoms with Gasteiger partial charge in [-0.15, -0.1) is 0 Å². The molecule has 0 aliphatic rings. The Bertz CT molecular complexity index is 984. The van der Waals surface area contributed by atoms with Gasteiger partial charge in [-0.1, -0.05) is 6.92 Å². The fourth-order valence-corrected chi connectivity index (χ4v) is 2.80. The average Bonchev–Trinajstić information content (AvgIpc) is 2.93. The molecule has 0 unspecified atom stereocenters. The summed E-state index contributed by atoms with van der Waals surface area (Å²) in [5.74, 6) is -3.91. The summed E-state index contributed by atoms with van der Waals surface area (Å²) in [6.45, 7) is 6.01. The van der Waals surface area contributed by atoms with Gasteiger partial charge in [0.05, 0.1) is 0 Å². The molecule has 0 amide bonds. The molecule has 1 aromatic carbocycles. The van der Waals surface area contributed by atoms with Crippen LogP contribution in [0.4, 0.5) is 8.78 Å². The lowest BCUT2D eigenvalue weighted by molar-refractivity contribution is -0.137. The third-order valence-corrected chi connectivity index (χ3v) is 4.28. The molecule has 28 heavy (non-hydrogen) atoms. The number of ether oxygens (including phenoxy) is 1. The van der Waals surface area contributed by atoms with Gasteiger partial charge in [-0.25, -0.2) is 13.6 Å². The van der Waals surface area contributed by atoms with Crippen LogP contribution in [0.25, 0.3) is 6.08 Å². The number of Topliss-reactive ketones (excluding diaryl/α,β-unsaturated/α-hetero) is 1. The minimum absolute atomic E-state index is 0.128. The Kier molecular flexibility index (Phi) is 6.83. The van der Waals surface area contributed by atoms with E-state index in [1.807, 2.05) is 19.9 Å². The molecule has 2 rings (SSSR count). The van der Waals surface area contributed by atoms with E-state index >= 15 is 0 Å². The van der Waals surface area contributed by atoms with Crippen LogP contribution in [-0.4, -0.2) is 22.9 Å². The van der Waals surface area contributed by atoms with Crippen molar-refractivity contribution in [1.29, 1.82) is 5.26 Å². The number of ketones is 1. The molecule has 0 aliphatic carbocycles. The van der Waals surface area contributed by atoms with Crippen molar-refractivity contribution >= 4 is 17.8 Å². The minimum Gasteiger partial charge on any atom is -0.453 e. The predicted octanol–water partition coefficient (Wildman–Crippen LogP) is 4.13. The van der Waals surface area contributed by atoms with Gasteiger partial charge in [-0.05, 0) is 56.2 Å². The number of nitriles is 1. The van der Waals surface area contributed by atoms with Gasteiger partial charge >= 0.3 is 5.97 Å². The van der Waals surface area contributed by atoms with Gasteiger partial charge in [0.1, 0.15) is 11.6 Å². The third kappa shape index (κ3) is 4.71. The molecule has 1 aromatic heterocycles. The first-order valence-electron chi connectivity index (χ1n) is 8.72. The van der Waals surface area contributed by atoms with Crippen LogP contribution < -0.4 is 0 Å². The number of carbonyl (C=O) groups is 2. The Labute approximate surface area is 161 Å². The van der Waals surface area contributed by atoms with Crippen LogP contribution in [-0.2, 0) is 16.1 Å². The topological polar surface area (TPSA) is 72.1 Å². The molecular weight excluding hydrogens is 366 g/mol. The highest BCUT2D eigenvalue weighted by Gasteiger charge is 2.17. The molecule has 7 heteroatoms. The molecule has 1 heterocycles. The molecule has 146 valence electrons. The summed E-state index contributed by atoms with van der Waals surface area (Å²) >= 11 is 0. The Morgan fingerprint density at radius 2 is 1.93 bits per heavy atom. The van der Waals surface area contributed by atoms with Crippen molar-refractivity contribution in [3.05, 3.63) is 64.0 Å². The molecular formula is C21H20F2N2O3. The number of halogens is 2. The Hall–Kier alpha value is -3.27. The molecule has 5 nitrogen and oxygen atoms in total. The highest BCUT2D eigenvalue weighted by atomic mass is 19.2. The van der Waals surface area contributed by atoms with E-state index in [-0.39, 0.29) is 11.1 Å². The van der Waals surface area contributed by atoms with E-state index in [4.69, 9.17) is 4.74 Å². The zero-order chi connectivity index (χ0) is 20.8. The summed E-state index contributed by atoms with van der Waals surface area (Å²) in [6, 6.07) is 6.28. The molecule has 0 fully saturated rings. The van der Waals surface area contributed by atoms with E-state index in [0.29, 0.717) is 5.56 Å². The van der Waals surface area contributed by atoms with E-state index in [1.54, 1.807) is 6.07 Å². The van der Waals surface area contributed by atoms with Gasteiger partial charge in [0.2, 0.25) is 0 Å². The summed E-state index contributed by atoms with van der Waals surface area (Å²) in [5, 5.41) is 9.28. The van der Waals surface area contributed by atoms with E-state index < -0.39 is 30.0 Å². The van der Waals surface area contributed by atoms with Gasteiger partial charge in [-0.3, -0.25) is 4.79 Å². The van der Waals surface area contributed by atoms with Crippen LogP contribution in [0.5, 0.6) is 0 Å². The number of hydrogen-bond acceptors (Lipinski definition) is 4. The van der Waals surface area contributed by atoms with Gasteiger partial charge in [0.15, 0.2) is 24.0 Å². The molecule has 0 aliphatic heterocycles. The van der Waals surface area contributed by atoms with Crippen molar-refractivity contribution in [2.75, 3.05) is 6.61 Å². The average molecular weight is 386 g/mol. The van der Waals surface area contributed by atoms with E-state index in [0.717, 1.165) is 42.6 Å². The smallest absolute Gasteiger partial charge is 0.349 e. The fourth-order valence-electron chi connectivity index (χ4n) is 2.80. The summed E-state index contributed by atoms with van der Waals surface area (Å²) in [4.78, 5) is 24.1. The maximum atomic E-state index is 13.2. The van der Waals surface area contributed by atoms with Crippen LogP contribution in [0.15, 0.2) is 29.8 Å². The predicted molar refractivity (Wildman–Crippen MR) is 99.4 cm³/mol. The Morgan fingerprint density at radius 3 is 2.54 bits per heavy atom. The maximum Gasteiger partial charge on any atom is 0.349 e.